The Kier molecular flexibility index (Phi) is 7.81. The molecule has 0 bridgehead atoms. The van der Waals surface area contributed by atoms with Gasteiger partial charge >= 0.3 is 23.9 Å². The predicted octanol–water partition coefficient (Wildman–Crippen LogP) is 0.380. The Morgan fingerprint density at radius 2 is 1.46 bits per heavy atom. The summed E-state index contributed by atoms with van der Waals surface area (Å²) in [6.45, 7) is 4.06. The SMILES string of the molecule is CC(=O)OCC1OC(OC(C)=O)C(N=[N+]=[N-])C(OC(C)=O)C1OC(C)=O. The second-order valence-electron chi connectivity index (χ2n) is 5.30. The molecule has 0 aromatic carbocycles. The van der Waals surface area contributed by atoms with Crippen LogP contribution in [0.4, 0.5) is 0 Å². The van der Waals surface area contributed by atoms with E-state index >= 15 is 0 Å². The van der Waals surface area contributed by atoms with Crippen LogP contribution in [0.2, 0.25) is 0 Å². The van der Waals surface area contributed by atoms with Crippen molar-refractivity contribution in [2.75, 3.05) is 6.61 Å². The van der Waals surface area contributed by atoms with Crippen molar-refractivity contribution in [1.82, 2.24) is 0 Å². The van der Waals surface area contributed by atoms with E-state index in [0.717, 1.165) is 27.7 Å². The van der Waals surface area contributed by atoms with Crippen LogP contribution in [0.15, 0.2) is 5.11 Å². The van der Waals surface area contributed by atoms with Crippen LogP contribution < -0.4 is 0 Å². The first kappa shape index (κ1) is 21.2. The first-order chi connectivity index (χ1) is 12.1. The van der Waals surface area contributed by atoms with E-state index in [1.54, 1.807) is 0 Å². The monoisotopic (exact) mass is 373 g/mol. The van der Waals surface area contributed by atoms with Crippen LogP contribution in [-0.2, 0) is 42.9 Å². The van der Waals surface area contributed by atoms with Crippen LogP contribution >= 0.6 is 0 Å². The number of azide groups is 1. The lowest BCUT2D eigenvalue weighted by atomic mass is 9.97. The highest BCUT2D eigenvalue weighted by atomic mass is 16.7. The van der Waals surface area contributed by atoms with E-state index in [4.69, 9.17) is 29.2 Å². The molecule has 144 valence electrons. The average Bonchev–Trinajstić information content (AvgIpc) is 2.49. The van der Waals surface area contributed by atoms with Crippen LogP contribution in [0, 0.1) is 0 Å². The Labute approximate surface area is 148 Å². The minimum atomic E-state index is -1.44. The fourth-order valence-corrected chi connectivity index (χ4v) is 2.33. The molecular weight excluding hydrogens is 354 g/mol. The van der Waals surface area contributed by atoms with Gasteiger partial charge in [-0.15, -0.1) is 0 Å². The smallest absolute Gasteiger partial charge is 0.304 e. The van der Waals surface area contributed by atoms with Gasteiger partial charge in [0.2, 0.25) is 6.29 Å². The van der Waals surface area contributed by atoms with Gasteiger partial charge in [0, 0.05) is 32.6 Å². The number of carbonyl (C=O) groups is 4. The lowest BCUT2D eigenvalue weighted by Gasteiger charge is -2.42. The van der Waals surface area contributed by atoms with E-state index in [-0.39, 0.29) is 6.61 Å². The molecular formula is C14H19N3O9. The Morgan fingerprint density at radius 3 is 1.92 bits per heavy atom. The van der Waals surface area contributed by atoms with Gasteiger partial charge in [0.15, 0.2) is 12.2 Å². The van der Waals surface area contributed by atoms with Crippen molar-refractivity contribution in [2.45, 2.75) is 58.3 Å². The van der Waals surface area contributed by atoms with Crippen molar-refractivity contribution < 1.29 is 42.9 Å². The van der Waals surface area contributed by atoms with Gasteiger partial charge in [-0.2, -0.15) is 0 Å². The molecule has 1 fully saturated rings. The Morgan fingerprint density at radius 1 is 0.923 bits per heavy atom. The predicted molar refractivity (Wildman–Crippen MR) is 81.1 cm³/mol. The number of nitrogens with zero attached hydrogens (tertiary/aromatic N) is 3. The van der Waals surface area contributed by atoms with E-state index in [2.05, 4.69) is 10.0 Å². The van der Waals surface area contributed by atoms with Gasteiger partial charge in [-0.05, 0) is 5.53 Å². The topological polar surface area (TPSA) is 163 Å². The molecule has 0 spiro atoms. The third-order valence-corrected chi connectivity index (χ3v) is 3.14. The second kappa shape index (κ2) is 9.59. The maximum absolute atomic E-state index is 11.5. The summed E-state index contributed by atoms with van der Waals surface area (Å²) in [5, 5.41) is 3.44. The fourth-order valence-electron chi connectivity index (χ4n) is 2.33. The number of rotatable bonds is 6. The number of esters is 4. The molecule has 5 unspecified atom stereocenters. The zero-order valence-electron chi connectivity index (χ0n) is 14.6. The van der Waals surface area contributed by atoms with Crippen LogP contribution in [0.1, 0.15) is 27.7 Å². The third kappa shape index (κ3) is 6.22. The van der Waals surface area contributed by atoms with Gasteiger partial charge in [0.05, 0.1) is 0 Å². The van der Waals surface area contributed by atoms with Gasteiger partial charge < -0.3 is 23.7 Å². The molecule has 1 aliphatic heterocycles. The van der Waals surface area contributed by atoms with Crippen molar-refractivity contribution in [1.29, 1.82) is 0 Å². The minimum Gasteiger partial charge on any atom is -0.463 e. The quantitative estimate of drug-likeness (QED) is 0.210. The average molecular weight is 373 g/mol. The van der Waals surface area contributed by atoms with Crippen LogP contribution in [0.5, 0.6) is 0 Å². The van der Waals surface area contributed by atoms with Gasteiger partial charge in [-0.3, -0.25) is 19.2 Å². The molecule has 0 aromatic rings. The van der Waals surface area contributed by atoms with Crippen LogP contribution in [0.25, 0.3) is 10.4 Å². The molecule has 0 amide bonds. The van der Waals surface area contributed by atoms with Gasteiger partial charge in [0.1, 0.15) is 18.8 Å². The first-order valence-corrected chi connectivity index (χ1v) is 7.50. The van der Waals surface area contributed by atoms with Gasteiger partial charge in [-0.25, -0.2) is 0 Å². The van der Waals surface area contributed by atoms with E-state index in [9.17, 15) is 19.2 Å². The summed E-state index contributed by atoms with van der Waals surface area (Å²) in [4.78, 5) is 47.9. The first-order valence-electron chi connectivity index (χ1n) is 7.50. The molecule has 0 radical (unpaired) electrons. The second-order valence-corrected chi connectivity index (χ2v) is 5.30. The maximum atomic E-state index is 11.5. The van der Waals surface area contributed by atoms with Crippen LogP contribution in [-0.4, -0.2) is 61.1 Å². The summed E-state index contributed by atoms with van der Waals surface area (Å²) in [5.41, 5.74) is 8.78. The standard InChI is InChI=1S/C14H19N3O9/c1-6(18)22-5-10-12(23-7(2)19)13(24-8(3)20)11(16-17-15)14(26-10)25-9(4)21/h10-14H,5H2,1-4H3. The molecule has 0 saturated carbocycles. The van der Waals surface area contributed by atoms with Crippen molar-refractivity contribution in [3.63, 3.8) is 0 Å². The summed E-state index contributed by atoms with van der Waals surface area (Å²) in [6.07, 6.45) is -5.18. The van der Waals surface area contributed by atoms with Crippen molar-refractivity contribution in [3.8, 4) is 0 Å². The van der Waals surface area contributed by atoms with Crippen molar-refractivity contribution in [3.05, 3.63) is 10.4 Å². The highest BCUT2D eigenvalue weighted by Crippen LogP contribution is 2.29. The molecule has 12 heteroatoms. The molecule has 26 heavy (non-hydrogen) atoms. The van der Waals surface area contributed by atoms with Gasteiger partial charge in [0.25, 0.3) is 0 Å². The zero-order valence-corrected chi connectivity index (χ0v) is 14.6. The molecule has 0 aromatic heterocycles. The van der Waals surface area contributed by atoms with E-state index < -0.39 is 54.5 Å². The highest BCUT2D eigenvalue weighted by Gasteiger charge is 2.51. The summed E-state index contributed by atoms with van der Waals surface area (Å²) in [5.74, 6) is -2.90. The van der Waals surface area contributed by atoms with Crippen LogP contribution in [0.3, 0.4) is 0 Å². The highest BCUT2D eigenvalue weighted by molar-refractivity contribution is 5.68. The van der Waals surface area contributed by atoms with E-state index in [0.29, 0.717) is 0 Å². The molecule has 1 saturated heterocycles. The largest absolute Gasteiger partial charge is 0.463 e. The Hall–Kier alpha value is -2.85. The molecule has 0 aliphatic carbocycles. The van der Waals surface area contributed by atoms with Crippen molar-refractivity contribution in [2.24, 2.45) is 5.11 Å². The molecule has 12 nitrogen and oxygen atoms in total. The number of carbonyl (C=O) groups excluding carboxylic acids is 4. The Balaban J connectivity index is 3.28. The fraction of sp³-hybridized carbons (Fsp3) is 0.714. The Bertz CT molecular complexity index is 617. The summed E-state index contributed by atoms with van der Waals surface area (Å²) >= 11 is 0. The zero-order chi connectivity index (χ0) is 19.9. The molecule has 1 rings (SSSR count). The summed E-state index contributed by atoms with van der Waals surface area (Å²) in [7, 11) is 0. The number of ether oxygens (including phenoxy) is 5. The number of hydrogen-bond donors (Lipinski definition) is 0. The summed E-state index contributed by atoms with van der Waals surface area (Å²) in [6, 6.07) is -1.33. The molecule has 1 aliphatic rings. The maximum Gasteiger partial charge on any atom is 0.304 e. The van der Waals surface area contributed by atoms with Gasteiger partial charge in [-0.1, -0.05) is 5.11 Å². The third-order valence-electron chi connectivity index (χ3n) is 3.14. The lowest BCUT2D eigenvalue weighted by Crippen LogP contribution is -2.61. The van der Waals surface area contributed by atoms with E-state index in [1.165, 1.54) is 0 Å². The van der Waals surface area contributed by atoms with E-state index in [1.807, 2.05) is 0 Å². The molecule has 5 atom stereocenters. The minimum absolute atomic E-state index is 0.383. The lowest BCUT2D eigenvalue weighted by molar-refractivity contribution is -0.267. The number of hydrogen-bond acceptors (Lipinski definition) is 10. The molecule has 1 heterocycles. The molecule has 0 N–H and O–H groups in total. The van der Waals surface area contributed by atoms with Crippen molar-refractivity contribution >= 4 is 23.9 Å². The summed E-state index contributed by atoms with van der Waals surface area (Å²) < 4.78 is 25.5. The normalized spacial score (nSPS) is 27.5.